The number of hydrogen-bond donors (Lipinski definition) is 1. The number of nitrogens with one attached hydrogen (secondary N) is 1. The van der Waals surface area contributed by atoms with Gasteiger partial charge in [-0.3, -0.25) is 4.79 Å². The SMILES string of the molecule is CN(Cc1ccc2ccccc2c1)C(=O)CCNC1CC1. The summed E-state index contributed by atoms with van der Waals surface area (Å²) in [6.45, 7) is 1.47. The van der Waals surface area contributed by atoms with E-state index in [0.29, 0.717) is 19.0 Å². The molecule has 1 fully saturated rings. The Hall–Kier alpha value is -1.87. The molecule has 2 aromatic carbocycles. The van der Waals surface area contributed by atoms with Gasteiger partial charge in [-0.25, -0.2) is 0 Å². The average molecular weight is 282 g/mol. The molecule has 1 aliphatic rings. The van der Waals surface area contributed by atoms with E-state index < -0.39 is 0 Å². The highest BCUT2D eigenvalue weighted by atomic mass is 16.2. The standard InChI is InChI=1S/C18H22N2O/c1-20(18(21)10-11-19-17-8-9-17)13-14-6-7-15-4-2-3-5-16(15)12-14/h2-7,12,17,19H,8-11,13H2,1H3. The zero-order valence-electron chi connectivity index (χ0n) is 12.5. The van der Waals surface area contributed by atoms with E-state index in [1.807, 2.05) is 24.1 Å². The van der Waals surface area contributed by atoms with Crippen LogP contribution in [0.3, 0.4) is 0 Å². The molecular formula is C18H22N2O. The molecule has 0 aromatic heterocycles. The van der Waals surface area contributed by atoms with Crippen LogP contribution in [-0.4, -0.2) is 30.4 Å². The number of carbonyl (C=O) groups is 1. The van der Waals surface area contributed by atoms with E-state index in [-0.39, 0.29) is 5.91 Å². The average Bonchev–Trinajstić information content (AvgIpc) is 3.31. The van der Waals surface area contributed by atoms with Gasteiger partial charge in [0.15, 0.2) is 0 Å². The number of rotatable bonds is 6. The molecular weight excluding hydrogens is 260 g/mol. The highest BCUT2D eigenvalue weighted by Gasteiger charge is 2.20. The molecule has 110 valence electrons. The van der Waals surface area contributed by atoms with Crippen molar-refractivity contribution in [3.63, 3.8) is 0 Å². The van der Waals surface area contributed by atoms with Crippen LogP contribution < -0.4 is 5.32 Å². The number of carbonyl (C=O) groups excluding carboxylic acids is 1. The fourth-order valence-corrected chi connectivity index (χ4v) is 2.56. The molecule has 0 saturated heterocycles. The summed E-state index contributed by atoms with van der Waals surface area (Å²) in [4.78, 5) is 13.9. The molecule has 0 bridgehead atoms. The lowest BCUT2D eigenvalue weighted by Gasteiger charge is -2.18. The monoisotopic (exact) mass is 282 g/mol. The van der Waals surface area contributed by atoms with E-state index in [4.69, 9.17) is 0 Å². The van der Waals surface area contributed by atoms with Crippen LogP contribution in [0.25, 0.3) is 10.8 Å². The molecule has 0 spiro atoms. The van der Waals surface area contributed by atoms with E-state index >= 15 is 0 Å². The third-order valence-electron chi connectivity index (χ3n) is 4.01. The van der Waals surface area contributed by atoms with Gasteiger partial charge >= 0.3 is 0 Å². The number of hydrogen-bond acceptors (Lipinski definition) is 2. The third kappa shape index (κ3) is 3.82. The summed E-state index contributed by atoms with van der Waals surface area (Å²) in [5.74, 6) is 0.205. The van der Waals surface area contributed by atoms with Crippen molar-refractivity contribution in [1.82, 2.24) is 10.2 Å². The fraction of sp³-hybridized carbons (Fsp3) is 0.389. The van der Waals surface area contributed by atoms with Crippen LogP contribution >= 0.6 is 0 Å². The second kappa shape index (κ2) is 6.27. The van der Waals surface area contributed by atoms with E-state index in [2.05, 4.69) is 35.6 Å². The Balaban J connectivity index is 1.56. The fourth-order valence-electron chi connectivity index (χ4n) is 2.56. The minimum atomic E-state index is 0.205. The molecule has 3 rings (SSSR count). The Morgan fingerprint density at radius 3 is 2.71 bits per heavy atom. The lowest BCUT2D eigenvalue weighted by molar-refractivity contribution is -0.130. The summed E-state index contributed by atoms with van der Waals surface area (Å²) in [5, 5.41) is 5.85. The molecule has 0 aliphatic heterocycles. The van der Waals surface area contributed by atoms with E-state index in [0.717, 1.165) is 6.54 Å². The van der Waals surface area contributed by atoms with Crippen molar-refractivity contribution in [3.8, 4) is 0 Å². The maximum absolute atomic E-state index is 12.1. The lowest BCUT2D eigenvalue weighted by atomic mass is 10.1. The van der Waals surface area contributed by atoms with Gasteiger partial charge in [-0.2, -0.15) is 0 Å². The zero-order valence-corrected chi connectivity index (χ0v) is 12.5. The van der Waals surface area contributed by atoms with Crippen LogP contribution in [0.2, 0.25) is 0 Å². The minimum absolute atomic E-state index is 0.205. The minimum Gasteiger partial charge on any atom is -0.341 e. The topological polar surface area (TPSA) is 32.3 Å². The number of amides is 1. The molecule has 3 heteroatoms. The second-order valence-electron chi connectivity index (χ2n) is 5.91. The van der Waals surface area contributed by atoms with Crippen molar-refractivity contribution in [1.29, 1.82) is 0 Å². The van der Waals surface area contributed by atoms with Gasteiger partial charge in [0.25, 0.3) is 0 Å². The van der Waals surface area contributed by atoms with Crippen molar-refractivity contribution in [2.24, 2.45) is 0 Å². The summed E-state index contributed by atoms with van der Waals surface area (Å²) in [6, 6.07) is 15.4. The van der Waals surface area contributed by atoms with Gasteiger partial charge in [-0.1, -0.05) is 36.4 Å². The maximum atomic E-state index is 12.1. The summed E-state index contributed by atoms with van der Waals surface area (Å²) in [7, 11) is 1.88. The molecule has 0 heterocycles. The van der Waals surface area contributed by atoms with Gasteiger partial charge in [-0.05, 0) is 35.2 Å². The Bertz CT molecular complexity index is 634. The first-order valence-electron chi connectivity index (χ1n) is 7.67. The van der Waals surface area contributed by atoms with Gasteiger partial charge < -0.3 is 10.2 Å². The van der Waals surface area contributed by atoms with Crippen molar-refractivity contribution in [2.75, 3.05) is 13.6 Å². The molecule has 1 amide bonds. The van der Waals surface area contributed by atoms with Gasteiger partial charge in [-0.15, -0.1) is 0 Å². The van der Waals surface area contributed by atoms with Crippen LogP contribution in [0, 0.1) is 0 Å². The molecule has 0 unspecified atom stereocenters. The molecule has 3 nitrogen and oxygen atoms in total. The van der Waals surface area contributed by atoms with Crippen LogP contribution in [0.1, 0.15) is 24.8 Å². The van der Waals surface area contributed by atoms with Crippen LogP contribution in [0.5, 0.6) is 0 Å². The quantitative estimate of drug-likeness (QED) is 0.883. The van der Waals surface area contributed by atoms with Crippen LogP contribution in [-0.2, 0) is 11.3 Å². The van der Waals surface area contributed by atoms with Crippen LogP contribution in [0.15, 0.2) is 42.5 Å². The Morgan fingerprint density at radius 1 is 1.19 bits per heavy atom. The molecule has 2 aromatic rings. The van der Waals surface area contributed by atoms with Crippen molar-refractivity contribution < 1.29 is 4.79 Å². The van der Waals surface area contributed by atoms with E-state index in [1.165, 1.54) is 29.2 Å². The Kier molecular flexibility index (Phi) is 4.20. The first kappa shape index (κ1) is 14.1. The summed E-state index contributed by atoms with van der Waals surface area (Å²) >= 11 is 0. The zero-order chi connectivity index (χ0) is 14.7. The first-order valence-corrected chi connectivity index (χ1v) is 7.67. The maximum Gasteiger partial charge on any atom is 0.223 e. The highest BCUT2D eigenvalue weighted by Crippen LogP contribution is 2.18. The predicted molar refractivity (Wildman–Crippen MR) is 86.1 cm³/mol. The molecule has 0 atom stereocenters. The normalized spacial score (nSPS) is 14.3. The summed E-state index contributed by atoms with van der Waals surface area (Å²) in [6.07, 6.45) is 3.11. The summed E-state index contributed by atoms with van der Waals surface area (Å²) in [5.41, 5.74) is 1.18. The van der Waals surface area contributed by atoms with Gasteiger partial charge in [0.05, 0.1) is 0 Å². The highest BCUT2D eigenvalue weighted by molar-refractivity contribution is 5.83. The lowest BCUT2D eigenvalue weighted by Crippen LogP contribution is -2.30. The smallest absolute Gasteiger partial charge is 0.223 e. The molecule has 21 heavy (non-hydrogen) atoms. The van der Waals surface area contributed by atoms with Gasteiger partial charge in [0, 0.05) is 32.6 Å². The van der Waals surface area contributed by atoms with Gasteiger partial charge in [0.2, 0.25) is 5.91 Å². The number of benzene rings is 2. The van der Waals surface area contributed by atoms with Crippen molar-refractivity contribution in [3.05, 3.63) is 48.0 Å². The molecule has 1 aliphatic carbocycles. The number of nitrogens with zero attached hydrogens (tertiary/aromatic N) is 1. The molecule has 1 saturated carbocycles. The second-order valence-corrected chi connectivity index (χ2v) is 5.91. The summed E-state index contributed by atoms with van der Waals surface area (Å²) < 4.78 is 0. The van der Waals surface area contributed by atoms with Crippen molar-refractivity contribution >= 4 is 16.7 Å². The predicted octanol–water partition coefficient (Wildman–Crippen LogP) is 2.94. The molecule has 0 radical (unpaired) electrons. The molecule has 1 N–H and O–H groups in total. The Morgan fingerprint density at radius 2 is 1.95 bits per heavy atom. The van der Waals surface area contributed by atoms with Crippen LogP contribution in [0.4, 0.5) is 0 Å². The Labute approximate surface area is 125 Å². The van der Waals surface area contributed by atoms with E-state index in [1.54, 1.807) is 0 Å². The number of fused-ring (bicyclic) bond motifs is 1. The largest absolute Gasteiger partial charge is 0.341 e. The first-order chi connectivity index (χ1) is 10.2. The van der Waals surface area contributed by atoms with Crippen molar-refractivity contribution in [2.45, 2.75) is 31.8 Å². The van der Waals surface area contributed by atoms with Gasteiger partial charge in [0.1, 0.15) is 0 Å². The third-order valence-corrected chi connectivity index (χ3v) is 4.01. The van der Waals surface area contributed by atoms with E-state index in [9.17, 15) is 4.79 Å².